The van der Waals surface area contributed by atoms with E-state index in [9.17, 15) is 4.79 Å². The van der Waals surface area contributed by atoms with E-state index >= 15 is 0 Å². The zero-order chi connectivity index (χ0) is 18.3. The summed E-state index contributed by atoms with van der Waals surface area (Å²) in [6.45, 7) is 7.68. The third kappa shape index (κ3) is 9.45. The lowest BCUT2D eigenvalue weighted by molar-refractivity contribution is -0.167. The molecule has 0 aromatic carbocycles. The predicted molar refractivity (Wildman–Crippen MR) is 92.6 cm³/mol. The van der Waals surface area contributed by atoms with Gasteiger partial charge in [0.1, 0.15) is 0 Å². The maximum Gasteiger partial charge on any atom is 0.311 e. The summed E-state index contributed by atoms with van der Waals surface area (Å²) < 4.78 is 26.3. The van der Waals surface area contributed by atoms with Gasteiger partial charge in [0.15, 0.2) is 0 Å². The van der Waals surface area contributed by atoms with Gasteiger partial charge in [-0.15, -0.1) is 6.58 Å². The van der Waals surface area contributed by atoms with Crippen molar-refractivity contribution in [1.29, 1.82) is 0 Å². The Hall–Kier alpha value is -1.61. The number of hydrogen-bond donors (Lipinski definition) is 0. The fourth-order valence-electron chi connectivity index (χ4n) is 2.04. The topological polar surface area (TPSA) is 69.7 Å². The third-order valence-electron chi connectivity index (χ3n) is 3.33. The highest BCUT2D eigenvalue weighted by Gasteiger charge is 2.26. The maximum atomic E-state index is 11.9. The van der Waals surface area contributed by atoms with Gasteiger partial charge in [0.05, 0.1) is 52.7 Å². The van der Waals surface area contributed by atoms with Crippen LogP contribution in [-0.2, 0) is 28.5 Å². The van der Waals surface area contributed by atoms with Crippen LogP contribution in [0.2, 0.25) is 0 Å². The summed E-state index contributed by atoms with van der Waals surface area (Å²) in [5, 5.41) is 0. The Balaban J connectivity index is 1.97. The average Bonchev–Trinajstić information content (AvgIpc) is 2.93. The molecule has 144 valence electrons. The van der Waals surface area contributed by atoms with Gasteiger partial charge in [-0.25, -0.2) is 0 Å². The smallest absolute Gasteiger partial charge is 0.311 e. The Morgan fingerprint density at radius 1 is 1.04 bits per heavy atom. The minimum Gasteiger partial charge on any atom is -0.422 e. The predicted octanol–water partition coefficient (Wildman–Crippen LogP) is 0.804. The van der Waals surface area contributed by atoms with Gasteiger partial charge in [0.25, 0.3) is 6.35 Å². The zero-order valence-corrected chi connectivity index (χ0v) is 15.2. The minimum atomic E-state index is -0.424. The van der Waals surface area contributed by atoms with Crippen LogP contribution >= 0.6 is 0 Å². The largest absolute Gasteiger partial charge is 0.422 e. The second kappa shape index (κ2) is 13.7. The van der Waals surface area contributed by atoms with Crippen molar-refractivity contribution in [3.63, 3.8) is 0 Å². The number of ether oxygens (including phenoxy) is 5. The first-order chi connectivity index (χ1) is 12.2. The second-order valence-corrected chi connectivity index (χ2v) is 5.35. The van der Waals surface area contributed by atoms with E-state index in [0.29, 0.717) is 52.8 Å². The van der Waals surface area contributed by atoms with E-state index < -0.39 is 6.35 Å². The summed E-state index contributed by atoms with van der Waals surface area (Å²) >= 11 is 0. The van der Waals surface area contributed by atoms with Crippen LogP contribution < -0.4 is 0 Å². The van der Waals surface area contributed by atoms with Crippen molar-refractivity contribution < 1.29 is 28.5 Å². The van der Waals surface area contributed by atoms with E-state index in [-0.39, 0.29) is 12.4 Å². The molecule has 0 bridgehead atoms. The van der Waals surface area contributed by atoms with Crippen LogP contribution in [0.15, 0.2) is 25.1 Å². The van der Waals surface area contributed by atoms with Crippen LogP contribution in [0.5, 0.6) is 0 Å². The molecule has 0 N–H and O–H groups in total. The molecule has 1 aliphatic rings. The first-order valence-electron chi connectivity index (χ1n) is 8.37. The summed E-state index contributed by atoms with van der Waals surface area (Å²) in [4.78, 5) is 15.6. The monoisotopic (exact) mass is 358 g/mol. The van der Waals surface area contributed by atoms with E-state index in [0.717, 1.165) is 0 Å². The Labute approximate surface area is 149 Å². The lowest BCUT2D eigenvalue weighted by Gasteiger charge is -2.28. The normalized spacial score (nSPS) is 16.5. The van der Waals surface area contributed by atoms with Crippen LogP contribution in [-0.4, -0.2) is 89.1 Å². The second-order valence-electron chi connectivity index (χ2n) is 5.35. The zero-order valence-electron chi connectivity index (χ0n) is 15.2. The Morgan fingerprint density at radius 3 is 2.24 bits per heavy atom. The molecule has 1 rings (SSSR count). The van der Waals surface area contributed by atoms with Crippen molar-refractivity contribution in [2.45, 2.75) is 12.8 Å². The minimum absolute atomic E-state index is 0.201. The molecular formula is C17H30N2O6. The van der Waals surface area contributed by atoms with Crippen LogP contribution in [0.25, 0.3) is 0 Å². The van der Waals surface area contributed by atoms with Gasteiger partial charge in [-0.05, 0) is 0 Å². The molecule has 1 atom stereocenters. The molecule has 1 aliphatic heterocycles. The van der Waals surface area contributed by atoms with Crippen molar-refractivity contribution in [2.75, 3.05) is 67.0 Å². The van der Waals surface area contributed by atoms with Gasteiger partial charge in [-0.1, -0.05) is 6.08 Å². The Bertz CT molecular complexity index is 405. The molecule has 8 nitrogen and oxygen atoms in total. The van der Waals surface area contributed by atoms with Crippen molar-refractivity contribution in [2.24, 2.45) is 0 Å². The number of rotatable bonds is 15. The van der Waals surface area contributed by atoms with Crippen LogP contribution in [0.3, 0.4) is 0 Å². The molecule has 1 heterocycles. The number of hydrogen-bond acceptors (Lipinski definition) is 8. The molecule has 0 radical (unpaired) electrons. The Kier molecular flexibility index (Phi) is 11.7. The molecule has 0 aromatic heterocycles. The highest BCUT2D eigenvalue weighted by Crippen LogP contribution is 2.15. The summed E-state index contributed by atoms with van der Waals surface area (Å²) in [5.41, 5.74) is 0. The van der Waals surface area contributed by atoms with E-state index in [1.165, 1.54) is 0 Å². The van der Waals surface area contributed by atoms with Crippen molar-refractivity contribution in [1.82, 2.24) is 9.80 Å². The van der Waals surface area contributed by atoms with Gasteiger partial charge in [-0.3, -0.25) is 4.79 Å². The molecule has 0 amide bonds. The fourth-order valence-corrected chi connectivity index (χ4v) is 2.04. The SMILES string of the molecule is C=CCN1C=CN(C)C1OC(=O)CCOCCOCCOCCOC. The summed E-state index contributed by atoms with van der Waals surface area (Å²) in [6.07, 6.45) is 5.26. The number of esters is 1. The van der Waals surface area contributed by atoms with Gasteiger partial charge in [0, 0.05) is 33.1 Å². The first-order valence-corrected chi connectivity index (χ1v) is 8.37. The quantitative estimate of drug-likeness (QED) is 0.242. The number of carbonyl (C=O) groups is 1. The first kappa shape index (κ1) is 21.4. The summed E-state index contributed by atoms with van der Waals surface area (Å²) in [5.74, 6) is -0.304. The lowest BCUT2D eigenvalue weighted by atomic mass is 10.4. The molecule has 8 heteroatoms. The van der Waals surface area contributed by atoms with E-state index in [1.54, 1.807) is 13.2 Å². The van der Waals surface area contributed by atoms with Gasteiger partial charge < -0.3 is 33.5 Å². The molecule has 0 aromatic rings. The van der Waals surface area contributed by atoms with Gasteiger partial charge >= 0.3 is 5.97 Å². The average molecular weight is 358 g/mol. The molecule has 0 saturated heterocycles. The maximum absolute atomic E-state index is 11.9. The van der Waals surface area contributed by atoms with E-state index in [1.807, 2.05) is 29.2 Å². The van der Waals surface area contributed by atoms with Crippen LogP contribution in [0.4, 0.5) is 0 Å². The van der Waals surface area contributed by atoms with Gasteiger partial charge in [0.2, 0.25) is 0 Å². The molecule has 0 aliphatic carbocycles. The van der Waals surface area contributed by atoms with Crippen molar-refractivity contribution in [3.8, 4) is 0 Å². The molecule has 0 saturated carbocycles. The molecular weight excluding hydrogens is 328 g/mol. The lowest BCUT2D eigenvalue weighted by Crippen LogP contribution is -2.40. The van der Waals surface area contributed by atoms with E-state index in [2.05, 4.69) is 6.58 Å². The Morgan fingerprint density at radius 2 is 1.64 bits per heavy atom. The molecule has 25 heavy (non-hydrogen) atoms. The molecule has 1 unspecified atom stereocenters. The molecule has 0 spiro atoms. The summed E-state index contributed by atoms with van der Waals surface area (Å²) in [6, 6.07) is 0. The fraction of sp³-hybridized carbons (Fsp3) is 0.706. The molecule has 0 fully saturated rings. The number of nitrogens with zero attached hydrogens (tertiary/aromatic N) is 2. The van der Waals surface area contributed by atoms with Crippen LogP contribution in [0.1, 0.15) is 6.42 Å². The summed E-state index contributed by atoms with van der Waals surface area (Å²) in [7, 11) is 3.48. The number of carbonyl (C=O) groups excluding carboxylic acids is 1. The van der Waals surface area contributed by atoms with Gasteiger partial charge in [-0.2, -0.15) is 0 Å². The highest BCUT2D eigenvalue weighted by molar-refractivity contribution is 5.69. The van der Waals surface area contributed by atoms with Crippen molar-refractivity contribution >= 4 is 5.97 Å². The van der Waals surface area contributed by atoms with E-state index in [4.69, 9.17) is 23.7 Å². The number of methoxy groups -OCH3 is 1. The third-order valence-corrected chi connectivity index (χ3v) is 3.33. The van der Waals surface area contributed by atoms with Crippen molar-refractivity contribution in [3.05, 3.63) is 25.1 Å². The van der Waals surface area contributed by atoms with Crippen LogP contribution in [0, 0.1) is 0 Å². The standard InChI is InChI=1S/C17H30N2O6/c1-4-6-19-8-7-18(2)17(19)25-16(20)5-9-22-12-13-24-15-14-23-11-10-21-3/h4,7-8,17H,1,5-6,9-15H2,2-3H3. The highest BCUT2D eigenvalue weighted by atomic mass is 16.6.